The van der Waals surface area contributed by atoms with Gasteiger partial charge in [-0.25, -0.2) is 4.98 Å². The summed E-state index contributed by atoms with van der Waals surface area (Å²) < 4.78 is 10.2. The molecule has 1 rings (SSSR count). The number of hydrogen-bond acceptors (Lipinski definition) is 5. The summed E-state index contributed by atoms with van der Waals surface area (Å²) in [6.45, 7) is 3.96. The molecule has 0 unspecified atom stereocenters. The van der Waals surface area contributed by atoms with Crippen molar-refractivity contribution >= 4 is 11.3 Å². The summed E-state index contributed by atoms with van der Waals surface area (Å²) in [5.74, 6) is 0. The zero-order valence-corrected chi connectivity index (χ0v) is 9.89. The predicted molar refractivity (Wildman–Crippen MR) is 61.1 cm³/mol. The van der Waals surface area contributed by atoms with Crippen molar-refractivity contribution < 1.29 is 9.47 Å². The van der Waals surface area contributed by atoms with Gasteiger partial charge in [0, 0.05) is 31.8 Å². The molecule has 5 heteroatoms. The molecule has 0 spiro atoms. The number of nitrogens with zero attached hydrogens (tertiary/aromatic N) is 1. The lowest BCUT2D eigenvalue weighted by atomic mass is 10.4. The Bertz CT molecular complexity index is 229. The highest BCUT2D eigenvalue weighted by Gasteiger charge is 1.94. The number of rotatable bonds is 9. The van der Waals surface area contributed by atoms with Crippen LogP contribution in [0.5, 0.6) is 0 Å². The fourth-order valence-electron chi connectivity index (χ4n) is 1.08. The standard InChI is InChI=1S/C10H18N2O2S/c1-13-6-7-14-5-2-3-11-9-10-12-4-8-15-10/h4,8,11H,2-3,5-7,9H2,1H3. The first-order valence-electron chi connectivity index (χ1n) is 5.09. The maximum Gasteiger partial charge on any atom is 0.106 e. The summed E-state index contributed by atoms with van der Waals surface area (Å²) >= 11 is 1.68. The van der Waals surface area contributed by atoms with E-state index in [-0.39, 0.29) is 0 Å². The molecule has 0 aliphatic carbocycles. The average molecular weight is 230 g/mol. The smallest absolute Gasteiger partial charge is 0.106 e. The highest BCUT2D eigenvalue weighted by molar-refractivity contribution is 7.09. The van der Waals surface area contributed by atoms with Crippen LogP contribution in [0.25, 0.3) is 0 Å². The minimum absolute atomic E-state index is 0.673. The summed E-state index contributed by atoms with van der Waals surface area (Å²) in [5, 5.41) is 6.44. The molecule has 1 aromatic heterocycles. The molecule has 86 valence electrons. The molecule has 1 aromatic rings. The third-order valence-electron chi connectivity index (χ3n) is 1.83. The van der Waals surface area contributed by atoms with Crippen LogP contribution < -0.4 is 5.32 Å². The minimum atomic E-state index is 0.673. The first-order valence-corrected chi connectivity index (χ1v) is 5.97. The molecular formula is C10H18N2O2S. The van der Waals surface area contributed by atoms with E-state index in [0.717, 1.165) is 31.1 Å². The van der Waals surface area contributed by atoms with Crippen LogP contribution in [0.4, 0.5) is 0 Å². The lowest BCUT2D eigenvalue weighted by Gasteiger charge is -2.04. The van der Waals surface area contributed by atoms with Gasteiger partial charge in [-0.1, -0.05) is 0 Å². The van der Waals surface area contributed by atoms with Crippen LogP contribution in [-0.4, -0.2) is 38.5 Å². The number of ether oxygens (including phenoxy) is 2. The fraction of sp³-hybridized carbons (Fsp3) is 0.700. The minimum Gasteiger partial charge on any atom is -0.382 e. The summed E-state index contributed by atoms with van der Waals surface area (Å²) in [6, 6.07) is 0. The molecule has 0 fully saturated rings. The van der Waals surface area contributed by atoms with Gasteiger partial charge in [0.25, 0.3) is 0 Å². The van der Waals surface area contributed by atoms with E-state index in [1.165, 1.54) is 0 Å². The number of methoxy groups -OCH3 is 1. The summed E-state index contributed by atoms with van der Waals surface area (Å²) in [4.78, 5) is 4.18. The van der Waals surface area contributed by atoms with Gasteiger partial charge in [0.1, 0.15) is 5.01 Å². The maximum absolute atomic E-state index is 5.33. The fourth-order valence-corrected chi connectivity index (χ4v) is 1.67. The molecule has 0 atom stereocenters. The molecule has 1 heterocycles. The van der Waals surface area contributed by atoms with Crippen molar-refractivity contribution in [3.05, 3.63) is 16.6 Å². The van der Waals surface area contributed by atoms with E-state index >= 15 is 0 Å². The van der Waals surface area contributed by atoms with Gasteiger partial charge < -0.3 is 14.8 Å². The van der Waals surface area contributed by atoms with E-state index in [4.69, 9.17) is 9.47 Å². The van der Waals surface area contributed by atoms with Gasteiger partial charge in [-0.15, -0.1) is 11.3 Å². The number of nitrogens with one attached hydrogen (secondary N) is 1. The Morgan fingerprint density at radius 2 is 2.33 bits per heavy atom. The second kappa shape index (κ2) is 8.79. The Labute approximate surface area is 94.6 Å². The number of aromatic nitrogens is 1. The van der Waals surface area contributed by atoms with Crippen molar-refractivity contribution in [1.29, 1.82) is 0 Å². The van der Waals surface area contributed by atoms with Crippen molar-refractivity contribution in [1.82, 2.24) is 10.3 Å². The lowest BCUT2D eigenvalue weighted by molar-refractivity contribution is 0.0695. The Morgan fingerprint density at radius 1 is 1.40 bits per heavy atom. The van der Waals surface area contributed by atoms with Crippen LogP contribution >= 0.6 is 11.3 Å². The van der Waals surface area contributed by atoms with Crippen molar-refractivity contribution in [2.75, 3.05) is 33.5 Å². The van der Waals surface area contributed by atoms with Gasteiger partial charge >= 0.3 is 0 Å². The van der Waals surface area contributed by atoms with Crippen molar-refractivity contribution in [3.63, 3.8) is 0 Å². The zero-order chi connectivity index (χ0) is 10.8. The largest absolute Gasteiger partial charge is 0.382 e. The third kappa shape index (κ3) is 6.57. The van der Waals surface area contributed by atoms with Crippen LogP contribution in [0, 0.1) is 0 Å². The van der Waals surface area contributed by atoms with Crippen molar-refractivity contribution in [2.24, 2.45) is 0 Å². The Hall–Kier alpha value is -0.490. The molecule has 0 radical (unpaired) electrons. The van der Waals surface area contributed by atoms with Gasteiger partial charge in [-0.2, -0.15) is 0 Å². The molecule has 0 saturated carbocycles. The van der Waals surface area contributed by atoms with Crippen LogP contribution in [0.15, 0.2) is 11.6 Å². The summed E-state index contributed by atoms with van der Waals surface area (Å²) in [7, 11) is 1.68. The SMILES string of the molecule is COCCOCCCNCc1nccs1. The third-order valence-corrected chi connectivity index (χ3v) is 2.61. The van der Waals surface area contributed by atoms with E-state index in [0.29, 0.717) is 13.2 Å². The average Bonchev–Trinajstić information content (AvgIpc) is 2.75. The molecule has 4 nitrogen and oxygen atoms in total. The van der Waals surface area contributed by atoms with Gasteiger partial charge in [-0.05, 0) is 13.0 Å². The van der Waals surface area contributed by atoms with Gasteiger partial charge in [-0.3, -0.25) is 0 Å². The molecule has 0 aromatic carbocycles. The molecule has 0 amide bonds. The quantitative estimate of drug-likeness (QED) is 0.649. The molecule has 1 N–H and O–H groups in total. The predicted octanol–water partition coefficient (Wildman–Crippen LogP) is 1.29. The van der Waals surface area contributed by atoms with Crippen LogP contribution in [-0.2, 0) is 16.0 Å². The van der Waals surface area contributed by atoms with Crippen molar-refractivity contribution in [3.8, 4) is 0 Å². The normalized spacial score (nSPS) is 10.7. The lowest BCUT2D eigenvalue weighted by Crippen LogP contribution is -2.16. The topological polar surface area (TPSA) is 43.4 Å². The Kier molecular flexibility index (Phi) is 7.37. The molecule has 0 saturated heterocycles. The van der Waals surface area contributed by atoms with Crippen LogP contribution in [0.1, 0.15) is 11.4 Å². The number of thiazole rings is 1. The van der Waals surface area contributed by atoms with Gasteiger partial charge in [0.05, 0.1) is 13.2 Å². The van der Waals surface area contributed by atoms with Gasteiger partial charge in [0.15, 0.2) is 0 Å². The molecular weight excluding hydrogens is 212 g/mol. The maximum atomic E-state index is 5.33. The van der Waals surface area contributed by atoms with Gasteiger partial charge in [0.2, 0.25) is 0 Å². The van der Waals surface area contributed by atoms with Crippen LogP contribution in [0.3, 0.4) is 0 Å². The van der Waals surface area contributed by atoms with E-state index in [1.807, 2.05) is 11.6 Å². The summed E-state index contributed by atoms with van der Waals surface area (Å²) in [6.07, 6.45) is 2.85. The number of hydrogen-bond donors (Lipinski definition) is 1. The zero-order valence-electron chi connectivity index (χ0n) is 9.07. The Morgan fingerprint density at radius 3 is 3.07 bits per heavy atom. The van der Waals surface area contributed by atoms with E-state index in [9.17, 15) is 0 Å². The second-order valence-corrected chi connectivity index (χ2v) is 4.04. The van der Waals surface area contributed by atoms with E-state index in [1.54, 1.807) is 18.4 Å². The monoisotopic (exact) mass is 230 g/mol. The summed E-state index contributed by atoms with van der Waals surface area (Å²) in [5.41, 5.74) is 0. The van der Waals surface area contributed by atoms with E-state index < -0.39 is 0 Å². The second-order valence-electron chi connectivity index (χ2n) is 3.06. The highest BCUT2D eigenvalue weighted by atomic mass is 32.1. The molecule has 0 bridgehead atoms. The van der Waals surface area contributed by atoms with E-state index in [2.05, 4.69) is 10.3 Å². The first-order chi connectivity index (χ1) is 7.43. The highest BCUT2D eigenvalue weighted by Crippen LogP contribution is 2.02. The van der Waals surface area contributed by atoms with Crippen molar-refractivity contribution in [2.45, 2.75) is 13.0 Å². The first kappa shape index (κ1) is 12.6. The van der Waals surface area contributed by atoms with Crippen LogP contribution in [0.2, 0.25) is 0 Å². The molecule has 0 aliphatic rings. The molecule has 0 aliphatic heterocycles. The molecule has 15 heavy (non-hydrogen) atoms. The Balaban J connectivity index is 1.81.